The van der Waals surface area contributed by atoms with E-state index in [-0.39, 0.29) is 117 Å². The van der Waals surface area contributed by atoms with Crippen LogP contribution in [0.25, 0.3) is 33.7 Å². The molecule has 0 unspecified atom stereocenters. The molecular formula is C39H37LiN7NaO16S4. The third-order valence-corrected chi connectivity index (χ3v) is 12.7. The number of fused-ring (bicyclic) bond motifs is 2. The van der Waals surface area contributed by atoms with Gasteiger partial charge in [0, 0.05) is 35.2 Å². The molecule has 10 N–H and O–H groups in total. The Bertz CT molecular complexity index is 3210. The quantitative estimate of drug-likeness (QED) is 0.0208. The average molecular weight is 1020 g/mol. The van der Waals surface area contributed by atoms with Crippen LogP contribution in [-0.2, 0) is 40.5 Å². The van der Waals surface area contributed by atoms with Gasteiger partial charge in [-0.3, -0.25) is 9.11 Å². The van der Waals surface area contributed by atoms with Crippen molar-refractivity contribution in [2.45, 2.75) is 19.6 Å². The van der Waals surface area contributed by atoms with Crippen molar-refractivity contribution in [1.29, 1.82) is 0 Å². The van der Waals surface area contributed by atoms with Gasteiger partial charge in [0.05, 0.1) is 34.4 Å². The molecule has 0 bridgehead atoms. The average Bonchev–Trinajstić information content (AvgIpc) is 3.22. The Morgan fingerprint density at radius 3 is 1.22 bits per heavy atom. The van der Waals surface area contributed by atoms with Crippen molar-refractivity contribution in [3.63, 3.8) is 0 Å². The van der Waals surface area contributed by atoms with Crippen LogP contribution in [0.2, 0.25) is 0 Å². The van der Waals surface area contributed by atoms with Crippen molar-refractivity contribution < 1.29 is 121 Å². The van der Waals surface area contributed by atoms with Gasteiger partial charge in [-0.2, -0.15) is 27.1 Å². The third-order valence-electron chi connectivity index (χ3n) is 9.18. The SMILES string of the molecule is CN(CCO)CCO.Nc1ccc2cc(S(=O)(=O)[O-])c(N=Nc3ccc(/C=C/c4ccc(N=Nc5c(S(=O)(=O)[O-])cc6ccc(N)cc6c5O)cc4S(=O)(=O)O)c(S(=O)(=O)O)c3)c(O)c2c1.[Li+].[Na+]. The second-order valence-electron chi connectivity index (χ2n) is 13.9. The molecule has 0 amide bonds. The van der Waals surface area contributed by atoms with E-state index in [1.54, 1.807) is 0 Å². The first kappa shape index (κ1) is 57.4. The largest absolute Gasteiger partial charge is 1.00 e. The molecule has 23 nitrogen and oxygen atoms in total. The number of aromatic hydroxyl groups is 2. The Kier molecular flexibility index (Phi) is 19.5. The number of azo groups is 2. The molecule has 0 aliphatic heterocycles. The van der Waals surface area contributed by atoms with E-state index in [1.165, 1.54) is 36.4 Å². The number of phenolic OH excluding ortho intramolecular Hbond substituents is 2. The molecule has 0 aliphatic carbocycles. The first-order chi connectivity index (χ1) is 30.7. The number of benzene rings is 6. The minimum atomic E-state index is -5.24. The molecule has 0 aliphatic rings. The van der Waals surface area contributed by atoms with Gasteiger partial charge in [0.15, 0.2) is 11.5 Å². The van der Waals surface area contributed by atoms with Crippen LogP contribution in [0.3, 0.4) is 0 Å². The summed E-state index contributed by atoms with van der Waals surface area (Å²) in [5.74, 6) is -1.56. The van der Waals surface area contributed by atoms with Crippen LogP contribution in [-0.4, -0.2) is 111 Å². The molecule has 0 atom stereocenters. The number of phenols is 2. The van der Waals surface area contributed by atoms with E-state index in [9.17, 15) is 62.1 Å². The molecule has 29 heteroatoms. The molecule has 0 radical (unpaired) electrons. The second-order valence-corrected chi connectivity index (χ2v) is 19.4. The Labute approximate surface area is 423 Å². The zero-order valence-electron chi connectivity index (χ0n) is 35.9. The smallest absolute Gasteiger partial charge is 0.744 e. The number of nitrogens with zero attached hydrogens (tertiary/aromatic N) is 5. The van der Waals surface area contributed by atoms with Gasteiger partial charge in [0.1, 0.15) is 41.4 Å². The molecule has 350 valence electrons. The van der Waals surface area contributed by atoms with Gasteiger partial charge in [-0.25, -0.2) is 16.8 Å². The maximum atomic E-state index is 12.4. The third kappa shape index (κ3) is 14.3. The Balaban J connectivity index is 0.00000112. The summed E-state index contributed by atoms with van der Waals surface area (Å²) in [6, 6.07) is 15.9. The molecular weight excluding hydrogens is 981 g/mol. The van der Waals surface area contributed by atoms with Gasteiger partial charge in [0.25, 0.3) is 20.2 Å². The summed E-state index contributed by atoms with van der Waals surface area (Å²) in [4.78, 5) is -1.71. The first-order valence-electron chi connectivity index (χ1n) is 18.4. The topological polar surface area (TPSA) is 409 Å². The van der Waals surface area contributed by atoms with E-state index in [1.807, 2.05) is 11.9 Å². The Morgan fingerprint density at radius 1 is 0.559 bits per heavy atom. The minimum Gasteiger partial charge on any atom is -0.744 e. The molecule has 0 saturated heterocycles. The monoisotopic (exact) mass is 1020 g/mol. The summed E-state index contributed by atoms with van der Waals surface area (Å²) >= 11 is 0. The zero-order chi connectivity index (χ0) is 48.9. The number of aliphatic hydroxyl groups is 2. The van der Waals surface area contributed by atoms with Crippen LogP contribution >= 0.6 is 0 Å². The molecule has 6 aromatic carbocycles. The zero-order valence-corrected chi connectivity index (χ0v) is 41.1. The van der Waals surface area contributed by atoms with Crippen LogP contribution in [0.5, 0.6) is 11.5 Å². The van der Waals surface area contributed by atoms with Crippen LogP contribution in [0, 0.1) is 0 Å². The van der Waals surface area contributed by atoms with Gasteiger partial charge < -0.3 is 45.9 Å². The van der Waals surface area contributed by atoms with Crippen molar-refractivity contribution >= 4 is 108 Å². The summed E-state index contributed by atoms with van der Waals surface area (Å²) in [5, 5.41) is 53.4. The number of hydrogen-bond acceptors (Lipinski definition) is 21. The standard InChI is InChI=1S/C34H26N6O14S4.C5H13NO2.Li.Na/c35-21-7-3-19-11-29(57(49,50)51)31(33(41)25(19)13-21)39-37-23-9-5-17(27(15-23)55(43,44)45)1-2-18-6-10-24(16-28(18)56(46,47)48)38-40-32-30(58(52,53)54)12-20-4-8-22(36)14-26(20)34(32)42;1-6(2-4-7)3-5-8;;/h1-16,41-42H,35-36H2,(H,43,44,45)(H,46,47,48)(H,49,50,51)(H,52,53,54);7-8H,2-5H2,1H3;;/q;;2*+1/p-2/b2-1+,39-37?,40-38?;;;. The van der Waals surface area contributed by atoms with Gasteiger partial charge >= 0.3 is 48.4 Å². The number of likely N-dealkylation sites (N-methyl/N-ethyl adjacent to an activating group) is 1. The molecule has 0 spiro atoms. The van der Waals surface area contributed by atoms with Crippen molar-refractivity contribution in [2.75, 3.05) is 44.8 Å². The minimum absolute atomic E-state index is 0. The summed E-state index contributed by atoms with van der Waals surface area (Å²) < 4.78 is 142. The maximum Gasteiger partial charge on any atom is 1.00 e. The van der Waals surface area contributed by atoms with Gasteiger partial charge in [-0.15, -0.1) is 10.2 Å². The van der Waals surface area contributed by atoms with E-state index in [0.29, 0.717) is 13.1 Å². The fourth-order valence-corrected chi connectivity index (χ4v) is 8.73. The predicted molar refractivity (Wildman–Crippen MR) is 237 cm³/mol. The Morgan fingerprint density at radius 2 is 0.912 bits per heavy atom. The summed E-state index contributed by atoms with van der Waals surface area (Å²) in [6.45, 7) is 1.61. The normalized spacial score (nSPS) is 12.4. The molecule has 6 aromatic rings. The van der Waals surface area contributed by atoms with Crippen LogP contribution in [0.15, 0.2) is 125 Å². The number of nitrogen functional groups attached to an aromatic ring is 2. The van der Waals surface area contributed by atoms with E-state index in [0.717, 1.165) is 60.7 Å². The van der Waals surface area contributed by atoms with E-state index >= 15 is 0 Å². The number of rotatable bonds is 14. The van der Waals surface area contributed by atoms with Crippen molar-refractivity contribution in [1.82, 2.24) is 4.90 Å². The molecule has 0 fully saturated rings. The van der Waals surface area contributed by atoms with Gasteiger partial charge in [0.2, 0.25) is 0 Å². The van der Waals surface area contributed by atoms with Crippen LogP contribution < -0.4 is 59.9 Å². The van der Waals surface area contributed by atoms with Crippen molar-refractivity contribution in [2.24, 2.45) is 20.5 Å². The van der Waals surface area contributed by atoms with Crippen molar-refractivity contribution in [3.05, 3.63) is 96.1 Å². The number of nitrogens with two attached hydrogens (primary N) is 2. The first-order valence-corrected chi connectivity index (χ1v) is 24.1. The number of aliphatic hydroxyl groups excluding tert-OH is 2. The van der Waals surface area contributed by atoms with Gasteiger partial charge in [-0.05, 0) is 89.6 Å². The van der Waals surface area contributed by atoms with E-state index in [2.05, 4.69) is 20.5 Å². The van der Waals surface area contributed by atoms with E-state index in [4.69, 9.17) is 21.7 Å². The summed E-state index contributed by atoms with van der Waals surface area (Å²) in [7, 11) is -18.8. The van der Waals surface area contributed by atoms with E-state index < -0.39 is 82.9 Å². The fourth-order valence-electron chi connectivity index (χ4n) is 6.03. The maximum absolute atomic E-state index is 12.4. The predicted octanol–water partition coefficient (Wildman–Crippen LogP) is -1.22. The van der Waals surface area contributed by atoms with Crippen molar-refractivity contribution in [3.8, 4) is 11.5 Å². The van der Waals surface area contributed by atoms with Crippen LogP contribution in [0.1, 0.15) is 11.1 Å². The summed E-state index contributed by atoms with van der Waals surface area (Å²) in [6.07, 6.45) is 2.03. The summed E-state index contributed by atoms with van der Waals surface area (Å²) in [5.41, 5.74) is 9.04. The fraction of sp³-hybridized carbons (Fsp3) is 0.128. The Hall–Kier alpha value is -4.90. The number of anilines is 2. The molecule has 0 saturated carbocycles. The molecule has 68 heavy (non-hydrogen) atoms. The molecule has 0 aromatic heterocycles. The van der Waals surface area contributed by atoms with Crippen LogP contribution in [0.4, 0.5) is 34.1 Å². The molecule has 6 rings (SSSR count). The molecule has 0 heterocycles. The second kappa shape index (κ2) is 23.1. The number of hydrogen-bond donors (Lipinski definition) is 8. The van der Waals surface area contributed by atoms with Gasteiger partial charge in [-0.1, -0.05) is 36.4 Å².